The molecule has 0 unspecified atom stereocenters. The third-order valence-corrected chi connectivity index (χ3v) is 7.51. The average Bonchev–Trinajstić information content (AvgIpc) is 3.44. The number of fused-ring (bicyclic) bond motifs is 2. The van der Waals surface area contributed by atoms with Gasteiger partial charge in [-0.3, -0.25) is 14.3 Å². The van der Waals surface area contributed by atoms with Crippen LogP contribution in [0.15, 0.2) is 44.2 Å². The zero-order chi connectivity index (χ0) is 26.3. The molecular weight excluding hydrogens is 512 g/mol. The minimum absolute atomic E-state index is 0.240. The number of H-pyrrole nitrogens is 1. The van der Waals surface area contributed by atoms with Crippen molar-refractivity contribution in [2.24, 2.45) is 0 Å². The number of unbranched alkanes of at least 4 members (excludes halogenated alkanes) is 1. The Labute approximate surface area is 221 Å². The number of rotatable bonds is 8. The smallest absolute Gasteiger partial charge is 0.313 e. The van der Waals surface area contributed by atoms with Gasteiger partial charge in [-0.25, -0.2) is 19.3 Å². The van der Waals surface area contributed by atoms with Crippen LogP contribution in [0.25, 0.3) is 16.9 Å². The molecule has 0 radical (unpaired) electrons. The summed E-state index contributed by atoms with van der Waals surface area (Å²) < 4.78 is 5.01. The molecule has 5 aromatic rings. The Balaban J connectivity index is 1.59. The molecular formula is C25H27ClN8O2S. The maximum absolute atomic E-state index is 12.8. The molecule has 0 atom stereocenters. The number of hydrogen-bond acceptors (Lipinski definition) is 7. The van der Waals surface area contributed by atoms with Crippen molar-refractivity contribution in [3.8, 4) is 0 Å². The molecule has 1 aromatic carbocycles. The summed E-state index contributed by atoms with van der Waals surface area (Å²) in [4.78, 5) is 42.1. The Morgan fingerprint density at radius 3 is 2.49 bits per heavy atom. The molecule has 5 rings (SSSR count). The van der Waals surface area contributed by atoms with Crippen LogP contribution in [0.5, 0.6) is 0 Å². The third-order valence-electron chi connectivity index (χ3n) is 6.41. The van der Waals surface area contributed by atoms with Crippen LogP contribution in [-0.4, -0.2) is 38.7 Å². The van der Waals surface area contributed by atoms with E-state index in [9.17, 15) is 9.59 Å². The summed E-state index contributed by atoms with van der Waals surface area (Å²) in [6.45, 7) is 8.84. The molecule has 192 valence electrons. The molecule has 0 spiro atoms. The number of imidazole rings is 1. The number of nitrogens with zero attached hydrogens (tertiary/aromatic N) is 7. The lowest BCUT2D eigenvalue weighted by molar-refractivity contribution is 0.697. The third kappa shape index (κ3) is 4.69. The second-order valence-electron chi connectivity index (χ2n) is 8.86. The Hall–Kier alpha value is -3.44. The van der Waals surface area contributed by atoms with Crippen molar-refractivity contribution < 1.29 is 0 Å². The van der Waals surface area contributed by atoms with Gasteiger partial charge in [0.25, 0.3) is 11.3 Å². The van der Waals surface area contributed by atoms with Gasteiger partial charge in [-0.1, -0.05) is 37.1 Å². The Kier molecular flexibility index (Phi) is 6.91. The number of aromatic amines is 1. The van der Waals surface area contributed by atoms with Gasteiger partial charge in [0.1, 0.15) is 0 Å². The van der Waals surface area contributed by atoms with Gasteiger partial charge in [-0.15, -0.1) is 5.10 Å². The number of aromatic nitrogens is 8. The van der Waals surface area contributed by atoms with E-state index in [-0.39, 0.29) is 6.54 Å². The molecule has 0 bridgehead atoms. The predicted octanol–water partition coefficient (Wildman–Crippen LogP) is 4.16. The van der Waals surface area contributed by atoms with Crippen molar-refractivity contribution >= 4 is 40.3 Å². The molecule has 0 aliphatic heterocycles. The lowest BCUT2D eigenvalue weighted by atomic mass is 10.1. The van der Waals surface area contributed by atoms with Crippen LogP contribution in [0.1, 0.15) is 49.2 Å². The number of hydrogen-bond donors (Lipinski definition) is 1. The van der Waals surface area contributed by atoms with Crippen LogP contribution in [0.3, 0.4) is 0 Å². The molecule has 0 fully saturated rings. The fraction of sp³-hybridized carbons (Fsp3) is 0.360. The minimum atomic E-state index is -0.523. The number of benzene rings is 1. The van der Waals surface area contributed by atoms with Crippen LogP contribution in [0, 0.1) is 13.8 Å². The minimum Gasteiger partial charge on any atom is -0.313 e. The van der Waals surface area contributed by atoms with Crippen LogP contribution < -0.4 is 11.2 Å². The van der Waals surface area contributed by atoms with E-state index in [0.29, 0.717) is 38.8 Å². The highest BCUT2D eigenvalue weighted by Crippen LogP contribution is 2.28. The number of halogens is 1. The molecule has 0 amide bonds. The zero-order valence-corrected chi connectivity index (χ0v) is 22.7. The lowest BCUT2D eigenvalue weighted by Gasteiger charge is -2.09. The molecule has 4 aromatic heterocycles. The zero-order valence-electron chi connectivity index (χ0n) is 21.1. The van der Waals surface area contributed by atoms with E-state index in [0.717, 1.165) is 36.2 Å². The molecule has 10 nitrogen and oxygen atoms in total. The van der Waals surface area contributed by atoms with Gasteiger partial charge < -0.3 is 4.57 Å². The van der Waals surface area contributed by atoms with Crippen LogP contribution in [-0.2, 0) is 19.5 Å². The SMILES string of the molecule is CCCCc1c(C)nc2nc(Sc3nc4c(c(=O)[nH]c(=O)n4Cc4ccc(Cl)cc4)n3CC)nn2c1C. The van der Waals surface area contributed by atoms with Gasteiger partial charge in [-0.2, -0.15) is 4.98 Å². The lowest BCUT2D eigenvalue weighted by Crippen LogP contribution is -2.31. The highest BCUT2D eigenvalue weighted by Gasteiger charge is 2.21. The maximum Gasteiger partial charge on any atom is 0.330 e. The van der Waals surface area contributed by atoms with Crippen LogP contribution >= 0.6 is 23.4 Å². The molecule has 0 saturated heterocycles. The average molecular weight is 539 g/mol. The summed E-state index contributed by atoms with van der Waals surface area (Å²) in [7, 11) is 0. The molecule has 0 aliphatic carbocycles. The number of nitrogens with one attached hydrogen (secondary N) is 1. The van der Waals surface area contributed by atoms with E-state index in [1.807, 2.05) is 32.9 Å². The number of aryl methyl sites for hydroxylation is 3. The van der Waals surface area contributed by atoms with Gasteiger partial charge in [0.2, 0.25) is 5.16 Å². The van der Waals surface area contributed by atoms with Gasteiger partial charge in [0.05, 0.1) is 6.54 Å². The van der Waals surface area contributed by atoms with Gasteiger partial charge in [0, 0.05) is 23.0 Å². The topological polar surface area (TPSA) is 116 Å². The maximum atomic E-state index is 12.8. The molecule has 1 N–H and O–H groups in total. The highest BCUT2D eigenvalue weighted by molar-refractivity contribution is 7.99. The summed E-state index contributed by atoms with van der Waals surface area (Å²) in [6.07, 6.45) is 3.13. The molecule has 12 heteroatoms. The van der Waals surface area contributed by atoms with Gasteiger partial charge >= 0.3 is 5.69 Å². The van der Waals surface area contributed by atoms with E-state index < -0.39 is 11.2 Å². The quantitative estimate of drug-likeness (QED) is 0.315. The van der Waals surface area contributed by atoms with Crippen LogP contribution in [0.2, 0.25) is 5.02 Å². The Bertz CT molecular complexity index is 1730. The Morgan fingerprint density at radius 1 is 1.03 bits per heavy atom. The second kappa shape index (κ2) is 10.1. The second-order valence-corrected chi connectivity index (χ2v) is 10.2. The monoisotopic (exact) mass is 538 g/mol. The van der Waals surface area contributed by atoms with Crippen molar-refractivity contribution in [2.75, 3.05) is 0 Å². The highest BCUT2D eigenvalue weighted by atomic mass is 35.5. The predicted molar refractivity (Wildman–Crippen MR) is 144 cm³/mol. The molecule has 0 aliphatic rings. The van der Waals surface area contributed by atoms with Gasteiger partial charge in [-0.05, 0) is 68.6 Å². The molecule has 4 heterocycles. The molecule has 37 heavy (non-hydrogen) atoms. The summed E-state index contributed by atoms with van der Waals surface area (Å²) in [5.74, 6) is 0.523. The largest absolute Gasteiger partial charge is 0.330 e. The molecule has 0 saturated carbocycles. The van der Waals surface area contributed by atoms with Crippen molar-refractivity contribution in [2.45, 2.75) is 70.4 Å². The van der Waals surface area contributed by atoms with Crippen molar-refractivity contribution in [3.63, 3.8) is 0 Å². The van der Waals surface area contributed by atoms with E-state index in [1.54, 1.807) is 21.2 Å². The van der Waals surface area contributed by atoms with Gasteiger partial charge in [0.15, 0.2) is 16.3 Å². The fourth-order valence-corrected chi connectivity index (χ4v) is 5.47. The normalized spacial score (nSPS) is 11.7. The summed E-state index contributed by atoms with van der Waals surface area (Å²) >= 11 is 7.25. The van der Waals surface area contributed by atoms with E-state index >= 15 is 0 Å². The van der Waals surface area contributed by atoms with Crippen molar-refractivity contribution in [1.29, 1.82) is 0 Å². The van der Waals surface area contributed by atoms with Crippen molar-refractivity contribution in [1.82, 2.24) is 38.7 Å². The summed E-state index contributed by atoms with van der Waals surface area (Å²) in [5, 5.41) is 6.28. The Morgan fingerprint density at radius 2 is 1.78 bits per heavy atom. The van der Waals surface area contributed by atoms with E-state index in [2.05, 4.69) is 27.0 Å². The van der Waals surface area contributed by atoms with Crippen molar-refractivity contribution in [3.05, 3.63) is 72.6 Å². The van der Waals surface area contributed by atoms with E-state index in [4.69, 9.17) is 16.6 Å². The van der Waals surface area contributed by atoms with E-state index in [1.165, 1.54) is 21.9 Å². The standard InChI is InChI=1S/C25H27ClN8O2S/c1-5-7-8-18-14(3)27-22-30-23(31-34(22)15(18)4)37-25-28-20-19(32(25)6-2)21(35)29-24(36)33(20)13-16-9-11-17(26)12-10-16/h9-12H,5-8,13H2,1-4H3,(H,29,35,36). The fourth-order valence-electron chi connectivity index (χ4n) is 4.47. The van der Waals surface area contributed by atoms with Crippen LogP contribution in [0.4, 0.5) is 0 Å². The summed E-state index contributed by atoms with van der Waals surface area (Å²) in [6, 6.07) is 7.20. The first-order chi connectivity index (χ1) is 17.8. The first-order valence-corrected chi connectivity index (χ1v) is 13.4. The first-order valence-electron chi connectivity index (χ1n) is 12.2. The first kappa shape index (κ1) is 25.2. The summed E-state index contributed by atoms with van der Waals surface area (Å²) in [5.41, 5.74) is 3.66.